The summed E-state index contributed by atoms with van der Waals surface area (Å²) in [5.41, 5.74) is 3.30. The van der Waals surface area contributed by atoms with Crippen molar-refractivity contribution in [3.63, 3.8) is 0 Å². The van der Waals surface area contributed by atoms with Crippen LogP contribution in [0.3, 0.4) is 0 Å². The number of benzene rings is 2. The maximum Gasteiger partial charge on any atom is 0.354 e. The molecule has 0 aliphatic rings. The molecule has 0 aliphatic heterocycles. The number of pyridine rings is 1. The van der Waals surface area contributed by atoms with Gasteiger partial charge in [0.05, 0.1) is 11.1 Å². The average molecular weight is 401 g/mol. The van der Waals surface area contributed by atoms with Crippen LogP contribution in [0.15, 0.2) is 67.0 Å². The summed E-state index contributed by atoms with van der Waals surface area (Å²) in [6.45, 7) is 0.354. The molecule has 0 aliphatic carbocycles. The zero-order chi connectivity index (χ0) is 21.1. The molecule has 0 spiro atoms. The van der Waals surface area contributed by atoms with Crippen molar-refractivity contribution in [1.29, 1.82) is 0 Å². The van der Waals surface area contributed by atoms with Crippen LogP contribution in [0.2, 0.25) is 0 Å². The van der Waals surface area contributed by atoms with Crippen molar-refractivity contribution in [3.05, 3.63) is 83.8 Å². The molecule has 30 heavy (non-hydrogen) atoms. The molecule has 2 aromatic carbocycles. The molecule has 150 valence electrons. The van der Waals surface area contributed by atoms with Gasteiger partial charge in [-0.15, -0.1) is 0 Å². The number of carbonyl (C=O) groups is 2. The van der Waals surface area contributed by atoms with E-state index >= 15 is 0 Å². The number of aromatic nitrogens is 3. The van der Waals surface area contributed by atoms with Crippen molar-refractivity contribution >= 4 is 34.2 Å². The number of para-hydroxylation sites is 1. The van der Waals surface area contributed by atoms with Gasteiger partial charge in [0.1, 0.15) is 5.69 Å². The van der Waals surface area contributed by atoms with Gasteiger partial charge in [-0.1, -0.05) is 12.1 Å². The van der Waals surface area contributed by atoms with E-state index in [0.717, 1.165) is 16.5 Å². The Labute approximate surface area is 172 Å². The molecule has 2 heterocycles. The molecule has 1 amide bonds. The highest BCUT2D eigenvalue weighted by Crippen LogP contribution is 2.21. The zero-order valence-corrected chi connectivity index (χ0v) is 16.2. The van der Waals surface area contributed by atoms with Gasteiger partial charge in [-0.05, 0) is 48.0 Å². The lowest BCUT2D eigenvalue weighted by Crippen LogP contribution is -2.15. The molecule has 0 unspecified atom stereocenters. The third-order valence-electron chi connectivity index (χ3n) is 4.58. The fraction of sp³-hybridized carbons (Fsp3) is 0.0909. The minimum absolute atomic E-state index is 0.0229. The Balaban J connectivity index is 1.51. The summed E-state index contributed by atoms with van der Waals surface area (Å²) >= 11 is 0. The minimum atomic E-state index is -1.08. The Kier molecular flexibility index (Phi) is 5.13. The first-order valence-corrected chi connectivity index (χ1v) is 9.25. The van der Waals surface area contributed by atoms with E-state index in [-0.39, 0.29) is 11.6 Å². The minimum Gasteiger partial charge on any atom is -0.477 e. The van der Waals surface area contributed by atoms with E-state index in [4.69, 9.17) is 5.11 Å². The molecule has 0 fully saturated rings. The number of amides is 1. The molecule has 2 aromatic heterocycles. The number of carbonyl (C=O) groups excluding carboxylic acids is 1. The summed E-state index contributed by atoms with van der Waals surface area (Å²) in [5, 5.41) is 20.5. The number of nitrogens with zero attached hydrogens (tertiary/aromatic N) is 3. The Morgan fingerprint density at radius 3 is 2.77 bits per heavy atom. The van der Waals surface area contributed by atoms with Gasteiger partial charge in [-0.25, -0.2) is 9.78 Å². The Bertz CT molecular complexity index is 1250. The molecule has 8 nitrogen and oxygen atoms in total. The number of anilines is 2. The van der Waals surface area contributed by atoms with Crippen LogP contribution in [0.1, 0.15) is 26.4 Å². The first kappa shape index (κ1) is 19.1. The average Bonchev–Trinajstić information content (AvgIpc) is 3.12. The van der Waals surface area contributed by atoms with Crippen molar-refractivity contribution in [1.82, 2.24) is 14.8 Å². The van der Waals surface area contributed by atoms with E-state index in [2.05, 4.69) is 20.7 Å². The number of carboxylic acids is 1. The maximum atomic E-state index is 12.9. The third-order valence-corrected chi connectivity index (χ3v) is 4.58. The van der Waals surface area contributed by atoms with Crippen LogP contribution in [0.25, 0.3) is 10.9 Å². The molecule has 4 aromatic rings. The monoisotopic (exact) mass is 401 g/mol. The number of fused-ring (bicyclic) bond motifs is 1. The number of carboxylic acid groups (broad SMARTS) is 1. The van der Waals surface area contributed by atoms with E-state index < -0.39 is 5.97 Å². The van der Waals surface area contributed by atoms with Gasteiger partial charge < -0.3 is 15.7 Å². The van der Waals surface area contributed by atoms with Gasteiger partial charge in [-0.2, -0.15) is 5.10 Å². The number of aromatic carboxylic acids is 1. The molecule has 0 atom stereocenters. The fourth-order valence-corrected chi connectivity index (χ4v) is 3.15. The molecule has 0 saturated carbocycles. The van der Waals surface area contributed by atoms with E-state index in [0.29, 0.717) is 23.5 Å². The number of hydrogen-bond donors (Lipinski definition) is 3. The zero-order valence-electron chi connectivity index (χ0n) is 16.2. The van der Waals surface area contributed by atoms with Crippen LogP contribution >= 0.6 is 0 Å². The normalized spacial score (nSPS) is 10.7. The standard InChI is InChI=1S/C22H19N5O3/c1-27-13-15-6-7-16(11-19(15)26-27)25-21(28)17-4-2-3-5-18(17)24-12-14-8-9-23-20(10-14)22(29)30/h2-11,13,24H,12H2,1H3,(H,25,28)(H,29,30). The summed E-state index contributed by atoms with van der Waals surface area (Å²) < 4.78 is 1.73. The maximum absolute atomic E-state index is 12.9. The van der Waals surface area contributed by atoms with E-state index in [1.807, 2.05) is 37.5 Å². The third kappa shape index (κ3) is 4.12. The molecular weight excluding hydrogens is 382 g/mol. The van der Waals surface area contributed by atoms with Gasteiger partial charge in [-0.3, -0.25) is 9.48 Å². The highest BCUT2D eigenvalue weighted by atomic mass is 16.4. The van der Waals surface area contributed by atoms with Crippen molar-refractivity contribution < 1.29 is 14.7 Å². The first-order valence-electron chi connectivity index (χ1n) is 9.25. The molecule has 0 radical (unpaired) electrons. The molecule has 8 heteroatoms. The lowest BCUT2D eigenvalue weighted by molar-refractivity contribution is 0.0690. The van der Waals surface area contributed by atoms with Crippen LogP contribution in [0.5, 0.6) is 0 Å². The van der Waals surface area contributed by atoms with Crippen LogP contribution in [0.4, 0.5) is 11.4 Å². The molecule has 3 N–H and O–H groups in total. The number of aryl methyl sites for hydroxylation is 1. The molecule has 0 saturated heterocycles. The summed E-state index contributed by atoms with van der Waals surface area (Å²) in [6.07, 6.45) is 3.36. The smallest absolute Gasteiger partial charge is 0.354 e. The second kappa shape index (κ2) is 8.04. The van der Waals surface area contributed by atoms with Crippen LogP contribution in [0, 0.1) is 0 Å². The van der Waals surface area contributed by atoms with Crippen LogP contribution in [-0.4, -0.2) is 31.7 Å². The van der Waals surface area contributed by atoms with Crippen LogP contribution < -0.4 is 10.6 Å². The van der Waals surface area contributed by atoms with E-state index in [9.17, 15) is 9.59 Å². The predicted molar refractivity (Wildman–Crippen MR) is 114 cm³/mol. The molecule has 4 rings (SSSR count). The summed E-state index contributed by atoms with van der Waals surface area (Å²) in [7, 11) is 1.85. The van der Waals surface area contributed by atoms with Crippen molar-refractivity contribution in [2.24, 2.45) is 7.05 Å². The lowest BCUT2D eigenvalue weighted by atomic mass is 10.1. The van der Waals surface area contributed by atoms with Crippen molar-refractivity contribution in [3.8, 4) is 0 Å². The van der Waals surface area contributed by atoms with Gasteiger partial charge in [0.15, 0.2) is 0 Å². The van der Waals surface area contributed by atoms with Gasteiger partial charge in [0, 0.05) is 42.7 Å². The topological polar surface area (TPSA) is 109 Å². The second-order valence-corrected chi connectivity index (χ2v) is 6.78. The quantitative estimate of drug-likeness (QED) is 0.456. The molecular formula is C22H19N5O3. The first-order chi connectivity index (χ1) is 14.5. The summed E-state index contributed by atoms with van der Waals surface area (Å²) in [4.78, 5) is 27.8. The number of rotatable bonds is 6. The predicted octanol–water partition coefficient (Wildman–Crippen LogP) is 3.53. The Hall–Kier alpha value is -4.20. The highest BCUT2D eigenvalue weighted by molar-refractivity contribution is 6.08. The second-order valence-electron chi connectivity index (χ2n) is 6.78. The number of nitrogens with one attached hydrogen (secondary N) is 2. The number of hydrogen-bond acceptors (Lipinski definition) is 5. The highest BCUT2D eigenvalue weighted by Gasteiger charge is 2.12. The lowest BCUT2D eigenvalue weighted by Gasteiger charge is -2.12. The van der Waals surface area contributed by atoms with Crippen molar-refractivity contribution in [2.45, 2.75) is 6.54 Å². The van der Waals surface area contributed by atoms with Crippen LogP contribution in [-0.2, 0) is 13.6 Å². The Morgan fingerprint density at radius 1 is 1.10 bits per heavy atom. The largest absolute Gasteiger partial charge is 0.477 e. The van der Waals surface area contributed by atoms with E-state index in [1.165, 1.54) is 12.3 Å². The summed E-state index contributed by atoms with van der Waals surface area (Å²) in [6, 6.07) is 15.9. The van der Waals surface area contributed by atoms with Crippen molar-refractivity contribution in [2.75, 3.05) is 10.6 Å². The fourth-order valence-electron chi connectivity index (χ4n) is 3.15. The van der Waals surface area contributed by atoms with Gasteiger partial charge in [0.2, 0.25) is 0 Å². The summed E-state index contributed by atoms with van der Waals surface area (Å²) in [5.74, 6) is -1.34. The van der Waals surface area contributed by atoms with E-state index in [1.54, 1.807) is 28.9 Å². The van der Waals surface area contributed by atoms with Gasteiger partial charge >= 0.3 is 5.97 Å². The Morgan fingerprint density at radius 2 is 1.93 bits per heavy atom. The molecule has 0 bridgehead atoms. The van der Waals surface area contributed by atoms with Gasteiger partial charge in [0.25, 0.3) is 5.91 Å². The SMILES string of the molecule is Cn1cc2ccc(NC(=O)c3ccccc3NCc3ccnc(C(=O)O)c3)cc2n1.